The van der Waals surface area contributed by atoms with Gasteiger partial charge in [-0.05, 0) is 38.8 Å². The Balaban J connectivity index is 2.88. The monoisotopic (exact) mass is 278 g/mol. The fraction of sp³-hybridized carbons (Fsp3) is 0.467. The molecule has 1 rings (SSSR count). The van der Waals surface area contributed by atoms with Crippen LogP contribution in [0.15, 0.2) is 12.1 Å². The highest BCUT2D eigenvalue weighted by molar-refractivity contribution is 6.39. The van der Waals surface area contributed by atoms with Gasteiger partial charge in [-0.2, -0.15) is 0 Å². The highest BCUT2D eigenvalue weighted by atomic mass is 16.3. The minimum atomic E-state index is -0.671. The fourth-order valence-electron chi connectivity index (χ4n) is 2.21. The first kappa shape index (κ1) is 16.2. The van der Waals surface area contributed by atoms with Crippen molar-refractivity contribution < 1.29 is 14.7 Å². The summed E-state index contributed by atoms with van der Waals surface area (Å²) in [4.78, 5) is 25.3. The van der Waals surface area contributed by atoms with Crippen molar-refractivity contribution >= 4 is 17.5 Å². The third-order valence-corrected chi connectivity index (χ3v) is 3.15. The van der Waals surface area contributed by atoms with E-state index in [0.29, 0.717) is 12.2 Å². The number of aryl methyl sites for hydroxylation is 3. The van der Waals surface area contributed by atoms with Crippen molar-refractivity contribution in [3.63, 3.8) is 0 Å². The fourth-order valence-corrected chi connectivity index (χ4v) is 2.21. The van der Waals surface area contributed by atoms with Crippen molar-refractivity contribution in [3.8, 4) is 0 Å². The van der Waals surface area contributed by atoms with Crippen molar-refractivity contribution in [2.75, 3.05) is 25.0 Å². The van der Waals surface area contributed by atoms with Gasteiger partial charge in [0.2, 0.25) is 0 Å². The quantitative estimate of drug-likeness (QED) is 0.818. The normalized spacial score (nSPS) is 10.2. The number of nitrogens with zero attached hydrogens (tertiary/aromatic N) is 1. The second kappa shape index (κ2) is 7.05. The van der Waals surface area contributed by atoms with Crippen molar-refractivity contribution in [3.05, 3.63) is 28.8 Å². The number of aliphatic hydroxyl groups excluding tert-OH is 1. The summed E-state index contributed by atoms with van der Waals surface area (Å²) in [6.45, 7) is 7.93. The molecule has 0 radical (unpaired) electrons. The molecule has 0 heterocycles. The van der Waals surface area contributed by atoms with Crippen molar-refractivity contribution in [1.29, 1.82) is 0 Å². The number of hydrogen-bond donors (Lipinski definition) is 2. The van der Waals surface area contributed by atoms with Crippen LogP contribution in [0.3, 0.4) is 0 Å². The van der Waals surface area contributed by atoms with E-state index in [4.69, 9.17) is 5.11 Å². The molecule has 0 unspecified atom stereocenters. The molecular weight excluding hydrogens is 256 g/mol. The van der Waals surface area contributed by atoms with E-state index in [1.54, 1.807) is 6.92 Å². The maximum atomic E-state index is 12.0. The summed E-state index contributed by atoms with van der Waals surface area (Å²) in [5.74, 6) is -1.30. The van der Waals surface area contributed by atoms with E-state index in [-0.39, 0.29) is 13.2 Å². The third kappa shape index (κ3) is 3.81. The van der Waals surface area contributed by atoms with E-state index >= 15 is 0 Å². The van der Waals surface area contributed by atoms with E-state index in [9.17, 15) is 9.59 Å². The summed E-state index contributed by atoms with van der Waals surface area (Å²) in [5.41, 5.74) is 3.64. The van der Waals surface area contributed by atoms with E-state index in [1.807, 2.05) is 32.9 Å². The smallest absolute Gasteiger partial charge is 0.313 e. The number of carbonyl (C=O) groups excluding carboxylic acids is 2. The number of hydrogen-bond acceptors (Lipinski definition) is 3. The van der Waals surface area contributed by atoms with Crippen LogP contribution in [0.5, 0.6) is 0 Å². The highest BCUT2D eigenvalue weighted by Gasteiger charge is 2.21. The van der Waals surface area contributed by atoms with Gasteiger partial charge in [0.05, 0.1) is 6.61 Å². The van der Waals surface area contributed by atoms with Crippen molar-refractivity contribution in [2.45, 2.75) is 27.7 Å². The van der Waals surface area contributed by atoms with Gasteiger partial charge in [0, 0.05) is 18.8 Å². The van der Waals surface area contributed by atoms with Gasteiger partial charge in [-0.25, -0.2) is 0 Å². The van der Waals surface area contributed by atoms with Gasteiger partial charge in [0.1, 0.15) is 0 Å². The summed E-state index contributed by atoms with van der Waals surface area (Å²) in [6.07, 6.45) is 0. The number of amides is 2. The number of carbonyl (C=O) groups is 2. The molecule has 5 heteroatoms. The van der Waals surface area contributed by atoms with Gasteiger partial charge in [0.25, 0.3) is 0 Å². The number of nitrogens with one attached hydrogen (secondary N) is 1. The van der Waals surface area contributed by atoms with Crippen LogP contribution in [0.4, 0.5) is 5.69 Å². The highest BCUT2D eigenvalue weighted by Crippen LogP contribution is 2.21. The topological polar surface area (TPSA) is 69.6 Å². The van der Waals surface area contributed by atoms with Crippen LogP contribution in [-0.4, -0.2) is 41.5 Å². The lowest BCUT2D eigenvalue weighted by Crippen LogP contribution is -2.41. The zero-order valence-corrected chi connectivity index (χ0v) is 12.5. The van der Waals surface area contributed by atoms with Crippen LogP contribution in [-0.2, 0) is 9.59 Å². The summed E-state index contributed by atoms with van der Waals surface area (Å²) in [6, 6.07) is 3.91. The Labute approximate surface area is 119 Å². The molecule has 1 aromatic carbocycles. The van der Waals surface area contributed by atoms with Crippen LogP contribution < -0.4 is 5.32 Å². The second-order valence-electron chi connectivity index (χ2n) is 4.84. The van der Waals surface area contributed by atoms with Gasteiger partial charge in [-0.1, -0.05) is 17.7 Å². The molecule has 0 fully saturated rings. The molecule has 0 aliphatic rings. The minimum Gasteiger partial charge on any atom is -0.395 e. The lowest BCUT2D eigenvalue weighted by atomic mass is 10.1. The Morgan fingerprint density at radius 1 is 1.20 bits per heavy atom. The van der Waals surface area contributed by atoms with Crippen molar-refractivity contribution in [1.82, 2.24) is 4.90 Å². The summed E-state index contributed by atoms with van der Waals surface area (Å²) < 4.78 is 0. The van der Waals surface area contributed by atoms with Crippen LogP contribution >= 0.6 is 0 Å². The van der Waals surface area contributed by atoms with Gasteiger partial charge < -0.3 is 15.3 Å². The maximum absolute atomic E-state index is 12.0. The Bertz CT molecular complexity index is 489. The third-order valence-electron chi connectivity index (χ3n) is 3.15. The lowest BCUT2D eigenvalue weighted by Gasteiger charge is -2.20. The first-order chi connectivity index (χ1) is 9.40. The van der Waals surface area contributed by atoms with Crippen LogP contribution in [0, 0.1) is 20.8 Å². The average Bonchev–Trinajstić information content (AvgIpc) is 2.39. The molecule has 20 heavy (non-hydrogen) atoms. The number of likely N-dealkylation sites (N-methyl/N-ethyl adjacent to an activating group) is 1. The molecule has 0 atom stereocenters. The first-order valence-electron chi connectivity index (χ1n) is 6.69. The van der Waals surface area contributed by atoms with Crippen molar-refractivity contribution in [2.24, 2.45) is 0 Å². The van der Waals surface area contributed by atoms with Crippen LogP contribution in [0.25, 0.3) is 0 Å². The molecular formula is C15H22N2O3. The molecule has 0 saturated carbocycles. The largest absolute Gasteiger partial charge is 0.395 e. The second-order valence-corrected chi connectivity index (χ2v) is 4.84. The molecule has 0 aliphatic carbocycles. The van der Waals surface area contributed by atoms with Gasteiger partial charge >= 0.3 is 11.8 Å². The molecule has 5 nitrogen and oxygen atoms in total. The summed E-state index contributed by atoms with van der Waals surface area (Å²) in [5, 5.41) is 11.5. The lowest BCUT2D eigenvalue weighted by molar-refractivity contribution is -0.143. The Hall–Kier alpha value is -1.88. The van der Waals surface area contributed by atoms with Crippen LogP contribution in [0.2, 0.25) is 0 Å². The molecule has 0 bridgehead atoms. The number of benzene rings is 1. The van der Waals surface area contributed by atoms with E-state index in [0.717, 1.165) is 16.7 Å². The van der Waals surface area contributed by atoms with Crippen LogP contribution in [0.1, 0.15) is 23.6 Å². The molecule has 2 N–H and O–H groups in total. The Kier molecular flexibility index (Phi) is 5.70. The number of rotatable bonds is 4. The molecule has 2 amide bonds. The SMILES string of the molecule is CCN(CCO)C(=O)C(=O)Nc1c(C)cc(C)cc1C. The summed E-state index contributed by atoms with van der Waals surface area (Å²) in [7, 11) is 0. The minimum absolute atomic E-state index is 0.157. The zero-order chi connectivity index (χ0) is 15.3. The predicted octanol–water partition coefficient (Wildman–Crippen LogP) is 1.39. The Morgan fingerprint density at radius 3 is 2.20 bits per heavy atom. The molecule has 110 valence electrons. The van der Waals surface area contributed by atoms with E-state index in [1.165, 1.54) is 4.90 Å². The maximum Gasteiger partial charge on any atom is 0.313 e. The summed E-state index contributed by atoms with van der Waals surface area (Å²) >= 11 is 0. The molecule has 0 spiro atoms. The van der Waals surface area contributed by atoms with Gasteiger partial charge in [0.15, 0.2) is 0 Å². The van der Waals surface area contributed by atoms with E-state index < -0.39 is 11.8 Å². The average molecular weight is 278 g/mol. The van der Waals surface area contributed by atoms with E-state index in [2.05, 4.69) is 5.32 Å². The predicted molar refractivity (Wildman–Crippen MR) is 78.6 cm³/mol. The number of anilines is 1. The Morgan fingerprint density at radius 2 is 1.75 bits per heavy atom. The zero-order valence-electron chi connectivity index (χ0n) is 12.5. The van der Waals surface area contributed by atoms with Gasteiger partial charge in [-0.15, -0.1) is 0 Å². The number of aliphatic hydroxyl groups is 1. The van der Waals surface area contributed by atoms with Gasteiger partial charge in [-0.3, -0.25) is 9.59 Å². The molecule has 0 aromatic heterocycles. The molecule has 0 saturated heterocycles. The first-order valence-corrected chi connectivity index (χ1v) is 6.69. The standard InChI is InChI=1S/C15H22N2O3/c1-5-17(6-7-18)15(20)14(19)16-13-11(3)8-10(2)9-12(13)4/h8-9,18H,5-7H2,1-4H3,(H,16,19). The molecule has 1 aromatic rings. The molecule has 0 aliphatic heterocycles.